The Balaban J connectivity index is 1.71. The molecule has 0 saturated carbocycles. The summed E-state index contributed by atoms with van der Waals surface area (Å²) in [5, 5.41) is 19.1. The topological polar surface area (TPSA) is 110 Å². The van der Waals surface area contributed by atoms with Crippen LogP contribution in [0.25, 0.3) is 11.8 Å². The number of esters is 1. The number of nitrogens with zero attached hydrogens (tertiary/aromatic N) is 2. The molecule has 8 heteroatoms. The number of carboxylic acids is 1. The van der Waals surface area contributed by atoms with E-state index in [9.17, 15) is 19.8 Å². The molecule has 0 atom stereocenters. The number of carbonyl (C=O) groups excluding carboxylic acids is 1. The number of methoxy groups -OCH3 is 1. The predicted octanol–water partition coefficient (Wildman–Crippen LogP) is 3.85. The zero-order valence-corrected chi connectivity index (χ0v) is 17.6. The van der Waals surface area contributed by atoms with Crippen LogP contribution in [0.2, 0.25) is 0 Å². The second-order valence-corrected chi connectivity index (χ2v) is 7.23. The highest BCUT2D eigenvalue weighted by Crippen LogP contribution is 2.28. The summed E-state index contributed by atoms with van der Waals surface area (Å²) in [5.74, 6) is -1.19. The molecule has 1 aromatic heterocycles. The van der Waals surface area contributed by atoms with Crippen LogP contribution in [0.1, 0.15) is 32.9 Å². The lowest BCUT2D eigenvalue weighted by Crippen LogP contribution is -2.05. The van der Waals surface area contributed by atoms with E-state index in [1.807, 2.05) is 24.5 Å². The van der Waals surface area contributed by atoms with Crippen molar-refractivity contribution in [2.24, 2.45) is 4.99 Å². The number of aromatic carboxylic acids is 1. The third-order valence-electron chi connectivity index (χ3n) is 5.19. The summed E-state index contributed by atoms with van der Waals surface area (Å²) in [6, 6.07) is 13.3. The minimum Gasteiger partial charge on any atom is -0.507 e. The van der Waals surface area contributed by atoms with Gasteiger partial charge in [0.05, 0.1) is 7.11 Å². The fourth-order valence-corrected chi connectivity index (χ4v) is 3.58. The minimum atomic E-state index is -1.22. The van der Waals surface area contributed by atoms with Crippen LogP contribution in [0.15, 0.2) is 59.2 Å². The normalized spacial score (nSPS) is 14.4. The number of carbonyl (C=O) groups is 2. The maximum atomic E-state index is 12.4. The van der Waals surface area contributed by atoms with Gasteiger partial charge in [0.15, 0.2) is 5.70 Å². The number of aromatic nitrogens is 1. The van der Waals surface area contributed by atoms with Gasteiger partial charge in [0.2, 0.25) is 5.90 Å². The highest BCUT2D eigenvalue weighted by molar-refractivity contribution is 6.13. The molecule has 2 N–H and O–H groups in total. The summed E-state index contributed by atoms with van der Waals surface area (Å²) in [6.07, 6.45) is 1.64. The van der Waals surface area contributed by atoms with Crippen LogP contribution in [0.4, 0.5) is 0 Å². The van der Waals surface area contributed by atoms with Gasteiger partial charge in [-0.1, -0.05) is 0 Å². The molecule has 0 spiro atoms. The summed E-state index contributed by atoms with van der Waals surface area (Å²) >= 11 is 0. The highest BCUT2D eigenvalue weighted by atomic mass is 16.6. The third kappa shape index (κ3) is 3.74. The Morgan fingerprint density at radius 3 is 2.50 bits per heavy atom. The Morgan fingerprint density at radius 2 is 1.84 bits per heavy atom. The summed E-state index contributed by atoms with van der Waals surface area (Å²) in [5.41, 5.74) is 3.53. The van der Waals surface area contributed by atoms with Crippen LogP contribution in [0.3, 0.4) is 0 Å². The van der Waals surface area contributed by atoms with Crippen LogP contribution in [0, 0.1) is 13.8 Å². The number of aryl methyl sites for hydroxylation is 1. The van der Waals surface area contributed by atoms with Gasteiger partial charge in [-0.05, 0) is 74.0 Å². The second-order valence-electron chi connectivity index (χ2n) is 7.23. The highest BCUT2D eigenvalue weighted by Gasteiger charge is 2.25. The second kappa shape index (κ2) is 8.07. The van der Waals surface area contributed by atoms with Gasteiger partial charge in [0.1, 0.15) is 17.1 Å². The van der Waals surface area contributed by atoms with E-state index >= 15 is 0 Å². The molecule has 2 heterocycles. The van der Waals surface area contributed by atoms with E-state index < -0.39 is 11.9 Å². The lowest BCUT2D eigenvalue weighted by molar-refractivity contribution is -0.129. The van der Waals surface area contributed by atoms with E-state index in [4.69, 9.17) is 9.47 Å². The first-order valence-electron chi connectivity index (χ1n) is 9.71. The van der Waals surface area contributed by atoms with Crippen molar-refractivity contribution in [1.29, 1.82) is 0 Å². The number of benzene rings is 2. The van der Waals surface area contributed by atoms with E-state index in [0.717, 1.165) is 17.0 Å². The number of hydrogen-bond acceptors (Lipinski definition) is 6. The van der Waals surface area contributed by atoms with Gasteiger partial charge in [-0.15, -0.1) is 0 Å². The molecular formula is C24H20N2O6. The van der Waals surface area contributed by atoms with Crippen molar-refractivity contribution in [2.75, 3.05) is 7.11 Å². The summed E-state index contributed by atoms with van der Waals surface area (Å²) in [6.45, 7) is 3.71. The average Bonchev–Trinajstić information content (AvgIpc) is 3.27. The molecule has 0 fully saturated rings. The summed E-state index contributed by atoms with van der Waals surface area (Å²) in [7, 11) is 1.57. The van der Waals surface area contributed by atoms with Crippen molar-refractivity contribution in [2.45, 2.75) is 13.8 Å². The predicted molar refractivity (Wildman–Crippen MR) is 117 cm³/mol. The zero-order valence-electron chi connectivity index (χ0n) is 17.6. The van der Waals surface area contributed by atoms with Crippen molar-refractivity contribution in [3.8, 4) is 17.2 Å². The van der Waals surface area contributed by atoms with Gasteiger partial charge in [-0.2, -0.15) is 0 Å². The number of phenols is 1. The van der Waals surface area contributed by atoms with Gasteiger partial charge < -0.3 is 24.3 Å². The van der Waals surface area contributed by atoms with Crippen molar-refractivity contribution in [3.05, 3.63) is 82.3 Å². The van der Waals surface area contributed by atoms with E-state index in [1.54, 1.807) is 43.5 Å². The average molecular weight is 432 g/mol. The van der Waals surface area contributed by atoms with Crippen molar-refractivity contribution in [1.82, 2.24) is 4.57 Å². The number of cyclic esters (lactones) is 1. The third-order valence-corrected chi connectivity index (χ3v) is 5.19. The molecule has 1 aliphatic rings. The summed E-state index contributed by atoms with van der Waals surface area (Å²) in [4.78, 5) is 28.1. The van der Waals surface area contributed by atoms with E-state index in [1.165, 1.54) is 12.1 Å². The molecule has 4 rings (SSSR count). The molecule has 0 saturated heterocycles. The first kappa shape index (κ1) is 20.9. The Bertz CT molecular complexity index is 1300. The number of aliphatic imine (C=N–C) groups is 1. The monoisotopic (exact) mass is 432 g/mol. The standard InChI is InChI=1S/C24H20N2O6/c1-13-10-16(14(2)26(13)17-6-9-21(27)19(12-17)23(28)29)11-20-24(30)32-22(25-20)15-4-7-18(31-3)8-5-15/h4-12,27H,1-3H3,(H,28,29)/b20-11-. The molecular weight excluding hydrogens is 412 g/mol. The molecule has 8 nitrogen and oxygen atoms in total. The number of hydrogen-bond donors (Lipinski definition) is 2. The zero-order chi connectivity index (χ0) is 23.0. The van der Waals surface area contributed by atoms with Crippen molar-refractivity contribution < 1.29 is 29.3 Å². The summed E-state index contributed by atoms with van der Waals surface area (Å²) < 4.78 is 12.3. The Kier molecular flexibility index (Phi) is 5.28. The number of ether oxygens (including phenoxy) is 2. The van der Waals surface area contributed by atoms with Crippen LogP contribution in [-0.4, -0.2) is 39.7 Å². The Hall–Kier alpha value is -4.33. The van der Waals surface area contributed by atoms with E-state index in [2.05, 4.69) is 4.99 Å². The number of rotatable bonds is 5. The van der Waals surface area contributed by atoms with Crippen LogP contribution in [0.5, 0.6) is 11.5 Å². The molecule has 0 bridgehead atoms. The van der Waals surface area contributed by atoms with Crippen LogP contribution in [-0.2, 0) is 9.53 Å². The maximum absolute atomic E-state index is 12.4. The molecule has 1 aliphatic heterocycles. The lowest BCUT2D eigenvalue weighted by Gasteiger charge is -2.11. The molecule has 0 unspecified atom stereocenters. The van der Waals surface area contributed by atoms with Gasteiger partial charge in [0, 0.05) is 22.6 Å². The smallest absolute Gasteiger partial charge is 0.363 e. The Labute approximate surface area is 183 Å². The maximum Gasteiger partial charge on any atom is 0.363 e. The molecule has 0 amide bonds. The molecule has 3 aromatic rings. The van der Waals surface area contributed by atoms with Gasteiger partial charge in [0.25, 0.3) is 0 Å². The molecule has 0 radical (unpaired) electrons. The van der Waals surface area contributed by atoms with Crippen molar-refractivity contribution >= 4 is 23.9 Å². The SMILES string of the molecule is COc1ccc(C2=N/C(=C\c3cc(C)n(-c4ccc(O)c(C(=O)O)c4)c3C)C(=O)O2)cc1. The van der Waals surface area contributed by atoms with Gasteiger partial charge in [-0.25, -0.2) is 14.6 Å². The van der Waals surface area contributed by atoms with Crippen molar-refractivity contribution in [3.63, 3.8) is 0 Å². The molecule has 2 aromatic carbocycles. The quantitative estimate of drug-likeness (QED) is 0.468. The number of carboxylic acid groups (broad SMARTS) is 1. The van der Waals surface area contributed by atoms with Crippen LogP contribution < -0.4 is 4.74 Å². The van der Waals surface area contributed by atoms with Crippen LogP contribution >= 0.6 is 0 Å². The van der Waals surface area contributed by atoms with E-state index in [-0.39, 0.29) is 22.9 Å². The fourth-order valence-electron chi connectivity index (χ4n) is 3.58. The molecule has 32 heavy (non-hydrogen) atoms. The lowest BCUT2D eigenvalue weighted by atomic mass is 10.1. The minimum absolute atomic E-state index is 0.160. The first-order chi connectivity index (χ1) is 15.3. The van der Waals surface area contributed by atoms with E-state index in [0.29, 0.717) is 17.0 Å². The number of aromatic hydroxyl groups is 1. The Morgan fingerprint density at radius 1 is 1.12 bits per heavy atom. The molecule has 162 valence electrons. The molecule has 0 aliphatic carbocycles. The van der Waals surface area contributed by atoms with Gasteiger partial charge >= 0.3 is 11.9 Å². The largest absolute Gasteiger partial charge is 0.507 e. The van der Waals surface area contributed by atoms with Gasteiger partial charge in [-0.3, -0.25) is 0 Å². The fraction of sp³-hybridized carbons (Fsp3) is 0.125. The first-order valence-corrected chi connectivity index (χ1v) is 9.71.